The maximum absolute atomic E-state index is 13.1. The number of anilines is 1. The SMILES string of the molecule is Cn1nccc1-c1ccccc1NC(=O)c1cccnc1COc1cc(Cl)ccc1Cl. The molecule has 156 valence electrons. The molecule has 0 aliphatic carbocycles. The van der Waals surface area contributed by atoms with Crippen molar-refractivity contribution in [2.75, 3.05) is 5.32 Å². The van der Waals surface area contributed by atoms with Gasteiger partial charge in [0.25, 0.3) is 5.91 Å². The van der Waals surface area contributed by atoms with Gasteiger partial charge in [0.15, 0.2) is 0 Å². The van der Waals surface area contributed by atoms with Crippen LogP contribution in [-0.2, 0) is 13.7 Å². The molecule has 0 fully saturated rings. The predicted octanol–water partition coefficient (Wildman–Crippen LogP) is 5.62. The highest BCUT2D eigenvalue weighted by molar-refractivity contribution is 6.34. The summed E-state index contributed by atoms with van der Waals surface area (Å²) in [6.07, 6.45) is 3.32. The van der Waals surface area contributed by atoms with E-state index in [1.165, 1.54) is 0 Å². The molecule has 0 aliphatic rings. The van der Waals surface area contributed by atoms with E-state index in [4.69, 9.17) is 27.9 Å². The van der Waals surface area contributed by atoms with E-state index in [0.717, 1.165) is 11.3 Å². The van der Waals surface area contributed by atoms with E-state index < -0.39 is 0 Å². The zero-order valence-electron chi connectivity index (χ0n) is 16.5. The van der Waals surface area contributed by atoms with E-state index in [1.54, 1.807) is 47.4 Å². The maximum atomic E-state index is 13.1. The monoisotopic (exact) mass is 452 g/mol. The molecule has 1 amide bonds. The lowest BCUT2D eigenvalue weighted by molar-refractivity contribution is 0.102. The number of nitrogens with zero attached hydrogens (tertiary/aromatic N) is 3. The number of hydrogen-bond acceptors (Lipinski definition) is 4. The summed E-state index contributed by atoms with van der Waals surface area (Å²) in [5, 5.41) is 8.12. The predicted molar refractivity (Wildman–Crippen MR) is 122 cm³/mol. The number of para-hydroxylation sites is 1. The number of hydrogen-bond donors (Lipinski definition) is 1. The topological polar surface area (TPSA) is 69.0 Å². The molecular weight excluding hydrogens is 435 g/mol. The minimum atomic E-state index is -0.293. The molecule has 1 N–H and O–H groups in total. The highest BCUT2D eigenvalue weighted by atomic mass is 35.5. The molecule has 0 atom stereocenters. The largest absolute Gasteiger partial charge is 0.486 e. The average Bonchev–Trinajstić information content (AvgIpc) is 3.20. The Hall–Kier alpha value is -3.35. The Bertz CT molecular complexity index is 1240. The zero-order chi connectivity index (χ0) is 21.8. The second-order valence-corrected chi connectivity index (χ2v) is 7.54. The fourth-order valence-electron chi connectivity index (χ4n) is 3.14. The van der Waals surface area contributed by atoms with Crippen LogP contribution < -0.4 is 10.1 Å². The summed E-state index contributed by atoms with van der Waals surface area (Å²) >= 11 is 12.2. The van der Waals surface area contributed by atoms with Crippen LogP contribution in [-0.4, -0.2) is 20.7 Å². The molecule has 0 aliphatic heterocycles. The van der Waals surface area contributed by atoms with Gasteiger partial charge in [0.1, 0.15) is 12.4 Å². The van der Waals surface area contributed by atoms with Crippen molar-refractivity contribution in [2.24, 2.45) is 7.05 Å². The lowest BCUT2D eigenvalue weighted by atomic mass is 10.1. The summed E-state index contributed by atoms with van der Waals surface area (Å²) in [6.45, 7) is 0.0625. The normalized spacial score (nSPS) is 10.7. The zero-order valence-corrected chi connectivity index (χ0v) is 18.1. The molecule has 0 radical (unpaired) electrons. The van der Waals surface area contributed by atoms with Crippen LogP contribution in [0, 0.1) is 0 Å². The van der Waals surface area contributed by atoms with Crippen LogP contribution in [0.2, 0.25) is 10.0 Å². The number of pyridine rings is 1. The fourth-order valence-corrected chi connectivity index (χ4v) is 3.47. The molecule has 0 unspecified atom stereocenters. The first-order valence-corrected chi connectivity index (χ1v) is 10.2. The first-order chi connectivity index (χ1) is 15.0. The van der Waals surface area contributed by atoms with Crippen molar-refractivity contribution >= 4 is 34.8 Å². The van der Waals surface area contributed by atoms with E-state index in [-0.39, 0.29) is 12.5 Å². The van der Waals surface area contributed by atoms with Gasteiger partial charge in [-0.2, -0.15) is 5.10 Å². The van der Waals surface area contributed by atoms with Gasteiger partial charge in [0.05, 0.1) is 27.7 Å². The smallest absolute Gasteiger partial charge is 0.257 e. The Balaban J connectivity index is 1.57. The van der Waals surface area contributed by atoms with E-state index in [2.05, 4.69) is 15.4 Å². The van der Waals surface area contributed by atoms with Crippen molar-refractivity contribution in [3.8, 4) is 17.0 Å². The lowest BCUT2D eigenvalue weighted by Gasteiger charge is -2.14. The molecule has 2 heterocycles. The third-order valence-corrected chi connectivity index (χ3v) is 5.21. The molecule has 0 saturated carbocycles. The molecule has 31 heavy (non-hydrogen) atoms. The van der Waals surface area contributed by atoms with Crippen LogP contribution in [0.3, 0.4) is 0 Å². The summed E-state index contributed by atoms with van der Waals surface area (Å²) in [6, 6.07) is 17.8. The number of aromatic nitrogens is 3. The first kappa shape index (κ1) is 20.9. The van der Waals surface area contributed by atoms with Crippen LogP contribution in [0.5, 0.6) is 5.75 Å². The van der Waals surface area contributed by atoms with Crippen LogP contribution in [0.1, 0.15) is 16.1 Å². The Morgan fingerprint density at radius 1 is 1.06 bits per heavy atom. The summed E-state index contributed by atoms with van der Waals surface area (Å²) in [5.74, 6) is 0.131. The fraction of sp³-hybridized carbons (Fsp3) is 0.0870. The van der Waals surface area contributed by atoms with Crippen LogP contribution in [0.15, 0.2) is 73.1 Å². The Labute approximate surface area is 189 Å². The van der Waals surface area contributed by atoms with Crippen LogP contribution in [0.25, 0.3) is 11.3 Å². The van der Waals surface area contributed by atoms with Gasteiger partial charge in [-0.15, -0.1) is 0 Å². The van der Waals surface area contributed by atoms with Gasteiger partial charge in [-0.3, -0.25) is 14.5 Å². The quantitative estimate of drug-likeness (QED) is 0.412. The Morgan fingerprint density at radius 3 is 2.71 bits per heavy atom. The van der Waals surface area contributed by atoms with Gasteiger partial charge >= 0.3 is 0 Å². The van der Waals surface area contributed by atoms with E-state index in [9.17, 15) is 4.79 Å². The number of benzene rings is 2. The summed E-state index contributed by atoms with van der Waals surface area (Å²) in [5.41, 5.74) is 3.31. The number of halogens is 2. The van der Waals surface area contributed by atoms with Crippen molar-refractivity contribution < 1.29 is 9.53 Å². The lowest BCUT2D eigenvalue weighted by Crippen LogP contribution is -2.17. The van der Waals surface area contributed by atoms with Crippen LogP contribution in [0.4, 0.5) is 5.69 Å². The highest BCUT2D eigenvalue weighted by Crippen LogP contribution is 2.29. The number of carbonyl (C=O) groups excluding carboxylic acids is 1. The Morgan fingerprint density at radius 2 is 1.90 bits per heavy atom. The average molecular weight is 453 g/mol. The first-order valence-electron chi connectivity index (χ1n) is 9.43. The molecule has 0 bridgehead atoms. The molecule has 2 aromatic carbocycles. The molecule has 4 rings (SSSR count). The minimum Gasteiger partial charge on any atom is -0.486 e. The van der Waals surface area contributed by atoms with E-state index in [0.29, 0.717) is 32.7 Å². The molecule has 6 nitrogen and oxygen atoms in total. The highest BCUT2D eigenvalue weighted by Gasteiger charge is 2.16. The number of nitrogens with one attached hydrogen (secondary N) is 1. The third-order valence-electron chi connectivity index (χ3n) is 4.66. The second-order valence-electron chi connectivity index (χ2n) is 6.70. The van der Waals surface area contributed by atoms with Crippen LogP contribution >= 0.6 is 23.2 Å². The van der Waals surface area contributed by atoms with Gasteiger partial charge in [-0.05, 0) is 36.4 Å². The molecule has 8 heteroatoms. The number of ether oxygens (including phenoxy) is 1. The van der Waals surface area contributed by atoms with Crippen molar-refractivity contribution in [3.05, 3.63) is 94.4 Å². The van der Waals surface area contributed by atoms with Gasteiger partial charge in [0, 0.05) is 36.1 Å². The van der Waals surface area contributed by atoms with Gasteiger partial charge in [0.2, 0.25) is 0 Å². The van der Waals surface area contributed by atoms with Crippen molar-refractivity contribution in [1.29, 1.82) is 0 Å². The van der Waals surface area contributed by atoms with Gasteiger partial charge in [-0.1, -0.05) is 41.4 Å². The minimum absolute atomic E-state index is 0.0625. The molecular formula is C23H18Cl2N4O2. The second kappa shape index (κ2) is 9.20. The summed E-state index contributed by atoms with van der Waals surface area (Å²) in [7, 11) is 1.85. The van der Waals surface area contributed by atoms with Crippen molar-refractivity contribution in [3.63, 3.8) is 0 Å². The van der Waals surface area contributed by atoms with Gasteiger partial charge < -0.3 is 10.1 Å². The van der Waals surface area contributed by atoms with E-state index >= 15 is 0 Å². The molecule has 0 saturated heterocycles. The number of aryl methyl sites for hydroxylation is 1. The van der Waals surface area contributed by atoms with Crippen molar-refractivity contribution in [1.82, 2.24) is 14.8 Å². The number of carbonyl (C=O) groups is 1. The van der Waals surface area contributed by atoms with Crippen molar-refractivity contribution in [2.45, 2.75) is 6.61 Å². The summed E-state index contributed by atoms with van der Waals surface area (Å²) in [4.78, 5) is 17.4. The maximum Gasteiger partial charge on any atom is 0.257 e. The Kier molecular flexibility index (Phi) is 6.21. The van der Waals surface area contributed by atoms with Gasteiger partial charge in [-0.25, -0.2) is 0 Å². The van der Waals surface area contributed by atoms with E-state index in [1.807, 2.05) is 37.4 Å². The molecule has 0 spiro atoms. The summed E-state index contributed by atoms with van der Waals surface area (Å²) < 4.78 is 7.53. The molecule has 2 aromatic heterocycles. The standard InChI is InChI=1S/C23H18Cl2N4O2/c1-29-21(10-12-27-29)16-5-2-3-7-19(16)28-23(30)17-6-4-11-26-20(17)14-31-22-13-15(24)8-9-18(22)25/h2-13H,14H2,1H3,(H,28,30). The number of amides is 1. The molecule has 4 aromatic rings. The number of rotatable bonds is 6. The third kappa shape index (κ3) is 4.71.